The Morgan fingerprint density at radius 2 is 1.57 bits per heavy atom. The van der Waals surface area contributed by atoms with E-state index in [0.29, 0.717) is 16.8 Å². The van der Waals surface area contributed by atoms with Gasteiger partial charge in [-0.2, -0.15) is 5.10 Å². The van der Waals surface area contributed by atoms with Gasteiger partial charge in [0, 0.05) is 25.2 Å². The lowest BCUT2D eigenvalue weighted by Crippen LogP contribution is -2.21. The number of hydrogen-bond donors (Lipinski definition) is 0. The molecule has 0 N–H and O–H groups in total. The summed E-state index contributed by atoms with van der Waals surface area (Å²) in [6, 6.07) is 15.6. The van der Waals surface area contributed by atoms with Crippen LogP contribution in [0.15, 0.2) is 54.6 Å². The number of rotatable bonds is 5. The highest BCUT2D eigenvalue weighted by Crippen LogP contribution is 2.29. The van der Waals surface area contributed by atoms with E-state index in [2.05, 4.69) is 5.10 Å². The molecule has 0 radical (unpaired) electrons. The molecular formula is C22H21N3O5. The topological polar surface area (TPSA) is 90.7 Å². The summed E-state index contributed by atoms with van der Waals surface area (Å²) in [5, 5.41) is 4.52. The molecule has 1 aromatic heterocycles. The lowest BCUT2D eigenvalue weighted by Gasteiger charge is -2.11. The lowest BCUT2D eigenvalue weighted by atomic mass is 10.0. The molecule has 0 saturated carbocycles. The molecule has 0 atom stereocenters. The van der Waals surface area contributed by atoms with Crippen LogP contribution in [0.1, 0.15) is 31.2 Å². The van der Waals surface area contributed by atoms with E-state index >= 15 is 0 Å². The van der Waals surface area contributed by atoms with Gasteiger partial charge >= 0.3 is 11.9 Å². The average molecular weight is 407 g/mol. The van der Waals surface area contributed by atoms with Crippen molar-refractivity contribution < 1.29 is 23.9 Å². The largest absolute Gasteiger partial charge is 0.465 e. The van der Waals surface area contributed by atoms with Crippen molar-refractivity contribution in [1.29, 1.82) is 0 Å². The monoisotopic (exact) mass is 407 g/mol. The fourth-order valence-electron chi connectivity index (χ4n) is 3.01. The number of para-hydroxylation sites is 1. The van der Waals surface area contributed by atoms with Gasteiger partial charge in [0.15, 0.2) is 5.69 Å². The molecule has 154 valence electrons. The van der Waals surface area contributed by atoms with Crippen LogP contribution < -0.4 is 0 Å². The van der Waals surface area contributed by atoms with Crippen LogP contribution in [0.2, 0.25) is 0 Å². The molecule has 3 rings (SSSR count). The second kappa shape index (κ2) is 8.60. The molecule has 30 heavy (non-hydrogen) atoms. The smallest absolute Gasteiger partial charge is 0.357 e. The molecule has 2 aromatic carbocycles. The van der Waals surface area contributed by atoms with Crippen LogP contribution >= 0.6 is 0 Å². The predicted octanol–water partition coefficient (Wildman–Crippen LogP) is 2.81. The maximum Gasteiger partial charge on any atom is 0.357 e. The third-order valence-electron chi connectivity index (χ3n) is 4.44. The van der Waals surface area contributed by atoms with Gasteiger partial charge in [-0.1, -0.05) is 30.3 Å². The normalized spacial score (nSPS) is 10.4. The fraction of sp³-hybridized carbons (Fsp3) is 0.182. The highest BCUT2D eigenvalue weighted by Gasteiger charge is 2.31. The van der Waals surface area contributed by atoms with E-state index < -0.39 is 11.9 Å². The van der Waals surface area contributed by atoms with Crippen molar-refractivity contribution in [2.45, 2.75) is 0 Å². The highest BCUT2D eigenvalue weighted by atomic mass is 16.5. The fourth-order valence-corrected chi connectivity index (χ4v) is 3.01. The molecule has 0 saturated heterocycles. The molecule has 0 fully saturated rings. The van der Waals surface area contributed by atoms with Gasteiger partial charge in [0.2, 0.25) is 0 Å². The van der Waals surface area contributed by atoms with Gasteiger partial charge in [0.1, 0.15) is 11.3 Å². The Labute approximate surface area is 173 Å². The third kappa shape index (κ3) is 3.80. The maximum absolute atomic E-state index is 12.7. The third-order valence-corrected chi connectivity index (χ3v) is 4.44. The van der Waals surface area contributed by atoms with Gasteiger partial charge in [-0.3, -0.25) is 4.79 Å². The van der Waals surface area contributed by atoms with Gasteiger partial charge < -0.3 is 14.4 Å². The molecule has 0 spiro atoms. The second-order valence-corrected chi connectivity index (χ2v) is 6.58. The van der Waals surface area contributed by atoms with Crippen LogP contribution in [0.25, 0.3) is 16.9 Å². The number of amides is 1. The first kappa shape index (κ1) is 20.8. The van der Waals surface area contributed by atoms with Crippen LogP contribution in [-0.4, -0.2) is 60.8 Å². The molecule has 0 aliphatic carbocycles. The number of methoxy groups -OCH3 is 2. The zero-order valence-electron chi connectivity index (χ0n) is 17.1. The van der Waals surface area contributed by atoms with E-state index in [0.717, 1.165) is 0 Å². The standard InChI is InChI=1S/C22H21N3O5/c1-24(2)20(26)15-10-8-9-14(13-15)18-17(21(27)29-3)19(22(28)30-4)25(23-18)16-11-6-5-7-12-16/h5-13H,1-4H3. The number of esters is 2. The minimum atomic E-state index is -0.739. The van der Waals surface area contributed by atoms with Gasteiger partial charge in [-0.15, -0.1) is 0 Å². The number of benzene rings is 2. The number of hydrogen-bond acceptors (Lipinski definition) is 6. The number of aromatic nitrogens is 2. The SMILES string of the molecule is COC(=O)c1c(-c2cccc(C(=O)N(C)C)c2)nn(-c2ccccc2)c1C(=O)OC. The summed E-state index contributed by atoms with van der Waals surface area (Å²) in [6.07, 6.45) is 0. The summed E-state index contributed by atoms with van der Waals surface area (Å²) in [7, 11) is 5.74. The van der Waals surface area contributed by atoms with Crippen molar-refractivity contribution in [2.75, 3.05) is 28.3 Å². The average Bonchev–Trinajstić information content (AvgIpc) is 3.18. The van der Waals surface area contributed by atoms with Crippen molar-refractivity contribution in [1.82, 2.24) is 14.7 Å². The van der Waals surface area contributed by atoms with E-state index in [4.69, 9.17) is 9.47 Å². The van der Waals surface area contributed by atoms with Crippen molar-refractivity contribution in [3.8, 4) is 16.9 Å². The maximum atomic E-state index is 12.7. The van der Waals surface area contributed by atoms with Crippen molar-refractivity contribution in [3.63, 3.8) is 0 Å². The zero-order chi connectivity index (χ0) is 21.8. The van der Waals surface area contributed by atoms with Gasteiger partial charge in [0.05, 0.1) is 19.9 Å². The van der Waals surface area contributed by atoms with Crippen LogP contribution in [0, 0.1) is 0 Å². The zero-order valence-corrected chi connectivity index (χ0v) is 17.1. The lowest BCUT2D eigenvalue weighted by molar-refractivity contribution is 0.0549. The minimum absolute atomic E-state index is 0.0392. The molecule has 3 aromatic rings. The Balaban J connectivity index is 2.31. The van der Waals surface area contributed by atoms with Gasteiger partial charge in [-0.05, 0) is 24.3 Å². The van der Waals surface area contributed by atoms with E-state index in [1.165, 1.54) is 23.8 Å². The Morgan fingerprint density at radius 3 is 2.17 bits per heavy atom. The second-order valence-electron chi connectivity index (χ2n) is 6.58. The Hall–Kier alpha value is -3.94. The number of ether oxygens (including phenoxy) is 2. The Kier molecular flexibility index (Phi) is 5.96. The van der Waals surface area contributed by atoms with E-state index in [1.807, 2.05) is 6.07 Å². The van der Waals surface area contributed by atoms with Crippen LogP contribution in [-0.2, 0) is 9.47 Å². The van der Waals surface area contributed by atoms with E-state index in [-0.39, 0.29) is 22.9 Å². The van der Waals surface area contributed by atoms with E-state index in [9.17, 15) is 14.4 Å². The molecule has 0 aliphatic heterocycles. The van der Waals surface area contributed by atoms with Crippen LogP contribution in [0.3, 0.4) is 0 Å². The van der Waals surface area contributed by atoms with Gasteiger partial charge in [0.25, 0.3) is 5.91 Å². The Bertz CT molecular complexity index is 1100. The summed E-state index contributed by atoms with van der Waals surface area (Å²) >= 11 is 0. The number of carbonyl (C=O) groups excluding carboxylic acids is 3. The molecule has 0 aliphatic rings. The number of carbonyl (C=O) groups is 3. The van der Waals surface area contributed by atoms with Crippen molar-refractivity contribution >= 4 is 17.8 Å². The molecule has 1 heterocycles. The summed E-state index contributed by atoms with van der Waals surface area (Å²) in [6.45, 7) is 0. The Morgan fingerprint density at radius 1 is 0.900 bits per heavy atom. The summed E-state index contributed by atoms with van der Waals surface area (Å²) in [4.78, 5) is 39.1. The molecule has 8 nitrogen and oxygen atoms in total. The van der Waals surface area contributed by atoms with Crippen molar-refractivity contribution in [2.24, 2.45) is 0 Å². The summed E-state index contributed by atoms with van der Waals surface area (Å²) in [5.41, 5.74) is 1.58. The summed E-state index contributed by atoms with van der Waals surface area (Å²) < 4.78 is 11.2. The first-order valence-electron chi connectivity index (χ1n) is 9.06. The summed E-state index contributed by atoms with van der Waals surface area (Å²) in [5.74, 6) is -1.68. The molecule has 1 amide bonds. The molecular weight excluding hydrogens is 386 g/mol. The van der Waals surface area contributed by atoms with Gasteiger partial charge in [-0.25, -0.2) is 14.3 Å². The molecule has 0 unspecified atom stereocenters. The highest BCUT2D eigenvalue weighted by molar-refractivity contribution is 6.07. The number of nitrogens with zero attached hydrogens (tertiary/aromatic N) is 3. The predicted molar refractivity (Wildman–Crippen MR) is 110 cm³/mol. The van der Waals surface area contributed by atoms with Crippen LogP contribution in [0.4, 0.5) is 0 Å². The quantitative estimate of drug-likeness (QED) is 0.604. The van der Waals surface area contributed by atoms with Crippen molar-refractivity contribution in [3.05, 3.63) is 71.4 Å². The first-order chi connectivity index (χ1) is 14.4. The molecule has 0 bridgehead atoms. The van der Waals surface area contributed by atoms with Crippen LogP contribution in [0.5, 0.6) is 0 Å². The van der Waals surface area contributed by atoms with E-state index in [1.54, 1.807) is 62.6 Å². The minimum Gasteiger partial charge on any atom is -0.465 e. The first-order valence-corrected chi connectivity index (χ1v) is 9.06. The molecule has 8 heteroatoms.